The largest absolute Gasteiger partial charge is 0.339 e. The molecule has 0 aromatic carbocycles. The molecule has 0 fully saturated rings. The quantitative estimate of drug-likeness (QED) is 0.614. The van der Waals surface area contributed by atoms with Gasteiger partial charge in [-0.3, -0.25) is 4.79 Å². The Balaban J connectivity index is 3.83. The lowest BCUT2D eigenvalue weighted by atomic mass is 10.3. The molecule has 70 valence electrons. The predicted octanol–water partition coefficient (Wildman–Crippen LogP) is 0.629. The molecule has 0 aliphatic heterocycles. The number of carbonyl (C=O) groups excluding carboxylic acids is 1. The Morgan fingerprint density at radius 3 is 2.75 bits per heavy atom. The SMILES string of the molecule is C=CC(C)N(C)C(=O)CNCC. The van der Waals surface area contributed by atoms with Gasteiger partial charge in [0.05, 0.1) is 6.54 Å². The zero-order chi connectivity index (χ0) is 9.56. The van der Waals surface area contributed by atoms with Crippen LogP contribution in [0.25, 0.3) is 0 Å². The van der Waals surface area contributed by atoms with Gasteiger partial charge in [-0.05, 0) is 13.5 Å². The molecule has 1 N–H and O–H groups in total. The van der Waals surface area contributed by atoms with E-state index in [-0.39, 0.29) is 11.9 Å². The maximum atomic E-state index is 11.3. The van der Waals surface area contributed by atoms with Crippen molar-refractivity contribution in [3.63, 3.8) is 0 Å². The summed E-state index contributed by atoms with van der Waals surface area (Å²) in [6, 6.07) is 0.108. The van der Waals surface area contributed by atoms with Crippen LogP contribution in [0.3, 0.4) is 0 Å². The van der Waals surface area contributed by atoms with Crippen molar-refractivity contribution in [3.05, 3.63) is 12.7 Å². The molecule has 12 heavy (non-hydrogen) atoms. The predicted molar refractivity (Wildman–Crippen MR) is 51.0 cm³/mol. The average Bonchev–Trinajstić information content (AvgIpc) is 2.11. The van der Waals surface area contributed by atoms with Crippen molar-refractivity contribution in [2.45, 2.75) is 19.9 Å². The molecule has 1 atom stereocenters. The maximum absolute atomic E-state index is 11.3. The van der Waals surface area contributed by atoms with Crippen molar-refractivity contribution in [1.29, 1.82) is 0 Å². The van der Waals surface area contributed by atoms with Crippen LogP contribution in [0, 0.1) is 0 Å². The molecular formula is C9H18N2O. The zero-order valence-corrected chi connectivity index (χ0v) is 8.13. The third kappa shape index (κ3) is 3.53. The smallest absolute Gasteiger partial charge is 0.236 e. The van der Waals surface area contributed by atoms with Crippen LogP contribution in [0.2, 0.25) is 0 Å². The van der Waals surface area contributed by atoms with Crippen LogP contribution in [0.15, 0.2) is 12.7 Å². The molecule has 0 saturated heterocycles. The van der Waals surface area contributed by atoms with Gasteiger partial charge < -0.3 is 10.2 Å². The molecular weight excluding hydrogens is 152 g/mol. The summed E-state index contributed by atoms with van der Waals surface area (Å²) in [5.74, 6) is 0.101. The van der Waals surface area contributed by atoms with E-state index in [1.165, 1.54) is 0 Å². The highest BCUT2D eigenvalue weighted by Crippen LogP contribution is 1.95. The van der Waals surface area contributed by atoms with Crippen LogP contribution in [0.5, 0.6) is 0 Å². The second-order valence-corrected chi connectivity index (χ2v) is 2.76. The van der Waals surface area contributed by atoms with E-state index < -0.39 is 0 Å². The number of rotatable bonds is 5. The summed E-state index contributed by atoms with van der Waals surface area (Å²) in [5.41, 5.74) is 0. The van der Waals surface area contributed by atoms with E-state index in [2.05, 4.69) is 11.9 Å². The van der Waals surface area contributed by atoms with Gasteiger partial charge in [0, 0.05) is 13.1 Å². The molecule has 3 nitrogen and oxygen atoms in total. The van der Waals surface area contributed by atoms with Gasteiger partial charge in [-0.25, -0.2) is 0 Å². The molecule has 0 radical (unpaired) electrons. The van der Waals surface area contributed by atoms with E-state index in [9.17, 15) is 4.79 Å². The first-order chi connectivity index (χ1) is 5.63. The minimum absolute atomic E-state index is 0.101. The number of nitrogens with one attached hydrogen (secondary N) is 1. The summed E-state index contributed by atoms with van der Waals surface area (Å²) in [5, 5.41) is 2.98. The number of likely N-dealkylation sites (N-methyl/N-ethyl adjacent to an activating group) is 2. The van der Waals surface area contributed by atoms with Crippen molar-refractivity contribution in [2.75, 3.05) is 20.1 Å². The van der Waals surface area contributed by atoms with E-state index in [1.807, 2.05) is 13.8 Å². The van der Waals surface area contributed by atoms with Crippen LogP contribution in [0.1, 0.15) is 13.8 Å². The molecule has 0 saturated carbocycles. The van der Waals surface area contributed by atoms with Crippen LogP contribution >= 0.6 is 0 Å². The van der Waals surface area contributed by atoms with Gasteiger partial charge in [0.25, 0.3) is 0 Å². The van der Waals surface area contributed by atoms with Crippen LogP contribution in [-0.2, 0) is 4.79 Å². The van der Waals surface area contributed by atoms with Gasteiger partial charge in [-0.1, -0.05) is 13.0 Å². The van der Waals surface area contributed by atoms with Gasteiger partial charge in [0.1, 0.15) is 0 Å². The summed E-state index contributed by atoms with van der Waals surface area (Å²) < 4.78 is 0. The number of hydrogen-bond acceptors (Lipinski definition) is 2. The van der Waals surface area contributed by atoms with Gasteiger partial charge in [0.2, 0.25) is 5.91 Å². The first kappa shape index (κ1) is 11.2. The second kappa shape index (κ2) is 5.77. The van der Waals surface area contributed by atoms with Crippen LogP contribution in [0.4, 0.5) is 0 Å². The van der Waals surface area contributed by atoms with Crippen LogP contribution in [-0.4, -0.2) is 37.0 Å². The maximum Gasteiger partial charge on any atom is 0.236 e. The minimum atomic E-state index is 0.101. The van der Waals surface area contributed by atoms with Gasteiger partial charge in [-0.2, -0.15) is 0 Å². The lowest BCUT2D eigenvalue weighted by Crippen LogP contribution is -2.39. The van der Waals surface area contributed by atoms with Crippen molar-refractivity contribution in [2.24, 2.45) is 0 Å². The third-order valence-electron chi connectivity index (χ3n) is 1.87. The summed E-state index contributed by atoms with van der Waals surface area (Å²) in [6.45, 7) is 8.78. The highest BCUT2D eigenvalue weighted by molar-refractivity contribution is 5.78. The minimum Gasteiger partial charge on any atom is -0.339 e. The van der Waals surface area contributed by atoms with E-state index in [4.69, 9.17) is 0 Å². The summed E-state index contributed by atoms with van der Waals surface area (Å²) >= 11 is 0. The van der Waals surface area contributed by atoms with Crippen molar-refractivity contribution in [3.8, 4) is 0 Å². The molecule has 0 aromatic heterocycles. The fourth-order valence-electron chi connectivity index (χ4n) is 0.742. The Labute approximate surface area is 74.4 Å². The lowest BCUT2D eigenvalue weighted by Gasteiger charge is -2.21. The summed E-state index contributed by atoms with van der Waals surface area (Å²) in [7, 11) is 1.78. The molecule has 0 heterocycles. The highest BCUT2D eigenvalue weighted by atomic mass is 16.2. The molecule has 0 aromatic rings. The first-order valence-corrected chi connectivity index (χ1v) is 4.22. The van der Waals surface area contributed by atoms with E-state index in [0.29, 0.717) is 6.54 Å². The Kier molecular flexibility index (Phi) is 5.37. The van der Waals surface area contributed by atoms with Crippen molar-refractivity contribution < 1.29 is 4.79 Å². The highest BCUT2D eigenvalue weighted by Gasteiger charge is 2.11. The third-order valence-corrected chi connectivity index (χ3v) is 1.87. The second-order valence-electron chi connectivity index (χ2n) is 2.76. The average molecular weight is 170 g/mol. The van der Waals surface area contributed by atoms with E-state index >= 15 is 0 Å². The van der Waals surface area contributed by atoms with Gasteiger partial charge in [-0.15, -0.1) is 6.58 Å². The molecule has 0 aliphatic rings. The normalized spacial score (nSPS) is 12.2. The Morgan fingerprint density at radius 1 is 1.75 bits per heavy atom. The van der Waals surface area contributed by atoms with E-state index in [0.717, 1.165) is 6.54 Å². The van der Waals surface area contributed by atoms with Crippen LogP contribution < -0.4 is 5.32 Å². The lowest BCUT2D eigenvalue weighted by molar-refractivity contribution is -0.129. The van der Waals surface area contributed by atoms with Gasteiger partial charge >= 0.3 is 0 Å². The Bertz CT molecular complexity index is 157. The molecule has 3 heteroatoms. The van der Waals surface area contributed by atoms with Gasteiger partial charge in [0.15, 0.2) is 0 Å². The fourth-order valence-corrected chi connectivity index (χ4v) is 0.742. The standard InChI is InChI=1S/C9H18N2O/c1-5-8(3)11(4)9(12)7-10-6-2/h5,8,10H,1,6-7H2,2-4H3. The monoisotopic (exact) mass is 170 g/mol. The Hall–Kier alpha value is -0.830. The number of nitrogens with zero attached hydrogens (tertiary/aromatic N) is 1. The molecule has 1 unspecified atom stereocenters. The number of hydrogen-bond donors (Lipinski definition) is 1. The molecule has 0 spiro atoms. The van der Waals surface area contributed by atoms with E-state index in [1.54, 1.807) is 18.0 Å². The first-order valence-electron chi connectivity index (χ1n) is 4.22. The molecule has 1 amide bonds. The van der Waals surface area contributed by atoms with Crippen molar-refractivity contribution in [1.82, 2.24) is 10.2 Å². The topological polar surface area (TPSA) is 32.3 Å². The molecule has 0 rings (SSSR count). The molecule has 0 bridgehead atoms. The Morgan fingerprint density at radius 2 is 2.33 bits per heavy atom. The fraction of sp³-hybridized carbons (Fsp3) is 0.667. The molecule has 0 aliphatic carbocycles. The summed E-state index contributed by atoms with van der Waals surface area (Å²) in [4.78, 5) is 13.0. The number of amides is 1. The summed E-state index contributed by atoms with van der Waals surface area (Å²) in [6.07, 6.45) is 1.75. The zero-order valence-electron chi connectivity index (χ0n) is 8.13. The van der Waals surface area contributed by atoms with Crippen molar-refractivity contribution >= 4 is 5.91 Å². The number of carbonyl (C=O) groups is 1.